The van der Waals surface area contributed by atoms with E-state index in [-0.39, 0.29) is 12.0 Å². The van der Waals surface area contributed by atoms with Crippen molar-refractivity contribution in [2.45, 2.75) is 26.0 Å². The van der Waals surface area contributed by atoms with Crippen LogP contribution in [0.4, 0.5) is 5.69 Å². The molecule has 1 aliphatic heterocycles. The molecule has 0 spiro atoms. The normalized spacial score (nSPS) is 21.7. The van der Waals surface area contributed by atoms with E-state index >= 15 is 0 Å². The Kier molecular flexibility index (Phi) is 4.93. The van der Waals surface area contributed by atoms with E-state index < -0.39 is 12.0 Å². The number of hydrogen-bond donors (Lipinski definition) is 2. The summed E-state index contributed by atoms with van der Waals surface area (Å²) in [4.78, 5) is 23.9. The third-order valence-electron chi connectivity index (χ3n) is 3.52. The number of carbonyl (C=O) groups excluding carboxylic acids is 2. The molecule has 0 radical (unpaired) electrons. The van der Waals surface area contributed by atoms with E-state index in [1.807, 2.05) is 13.8 Å². The second-order valence-electron chi connectivity index (χ2n) is 5.02. The van der Waals surface area contributed by atoms with Gasteiger partial charge in [-0.3, -0.25) is 4.79 Å². The van der Waals surface area contributed by atoms with Crippen molar-refractivity contribution in [3.63, 3.8) is 0 Å². The predicted octanol–water partition coefficient (Wildman–Crippen LogP) is 1.10. The van der Waals surface area contributed by atoms with Crippen LogP contribution in [0.5, 0.6) is 0 Å². The molecule has 0 saturated carbocycles. The maximum atomic E-state index is 12.3. The lowest BCUT2D eigenvalue weighted by Gasteiger charge is -2.29. The number of nitrogens with one attached hydrogen (secondary N) is 2. The molecule has 2 N–H and O–H groups in total. The molecular weight excluding hydrogens is 272 g/mol. The molecule has 2 atom stereocenters. The first-order valence-electron chi connectivity index (χ1n) is 6.87. The second kappa shape index (κ2) is 6.69. The third-order valence-corrected chi connectivity index (χ3v) is 3.52. The maximum Gasteiger partial charge on any atom is 0.337 e. The lowest BCUT2D eigenvalue weighted by molar-refractivity contribution is -0.123. The minimum Gasteiger partial charge on any atom is -0.465 e. The van der Waals surface area contributed by atoms with Crippen LogP contribution in [0.25, 0.3) is 0 Å². The molecule has 0 bridgehead atoms. The minimum atomic E-state index is -0.432. The molecule has 6 heteroatoms. The lowest BCUT2D eigenvalue weighted by atomic mass is 10.1. The number of methoxy groups -OCH3 is 1. The van der Waals surface area contributed by atoms with Crippen molar-refractivity contribution in [2.24, 2.45) is 0 Å². The molecule has 2 rings (SSSR count). The van der Waals surface area contributed by atoms with Crippen molar-refractivity contribution in [1.82, 2.24) is 5.32 Å². The second-order valence-corrected chi connectivity index (χ2v) is 5.02. The van der Waals surface area contributed by atoms with Gasteiger partial charge in [-0.1, -0.05) is 6.07 Å². The van der Waals surface area contributed by atoms with E-state index in [0.717, 1.165) is 5.56 Å². The SMILES string of the molecule is COC(=O)c1ccc(C)c(NC(=O)[C@H]2NCCO[C@@H]2C)c1. The number of benzene rings is 1. The topological polar surface area (TPSA) is 76.7 Å². The molecule has 114 valence electrons. The highest BCUT2D eigenvalue weighted by Crippen LogP contribution is 2.18. The average Bonchev–Trinajstić information content (AvgIpc) is 2.49. The summed E-state index contributed by atoms with van der Waals surface area (Å²) < 4.78 is 10.1. The summed E-state index contributed by atoms with van der Waals surface area (Å²) in [5.74, 6) is -0.606. The summed E-state index contributed by atoms with van der Waals surface area (Å²) in [6.07, 6.45) is -0.192. The largest absolute Gasteiger partial charge is 0.465 e. The molecule has 1 saturated heterocycles. The predicted molar refractivity (Wildman–Crippen MR) is 78.4 cm³/mol. The van der Waals surface area contributed by atoms with Crippen LogP contribution >= 0.6 is 0 Å². The zero-order valence-electron chi connectivity index (χ0n) is 12.4. The van der Waals surface area contributed by atoms with Crippen LogP contribution in [0.15, 0.2) is 18.2 Å². The Bertz CT molecular complexity index is 544. The maximum absolute atomic E-state index is 12.3. The van der Waals surface area contributed by atoms with Crippen LogP contribution in [0.3, 0.4) is 0 Å². The van der Waals surface area contributed by atoms with Gasteiger partial charge in [-0.25, -0.2) is 4.79 Å². The fourth-order valence-electron chi connectivity index (χ4n) is 2.24. The van der Waals surface area contributed by atoms with E-state index in [9.17, 15) is 9.59 Å². The Hall–Kier alpha value is -1.92. The monoisotopic (exact) mass is 292 g/mol. The van der Waals surface area contributed by atoms with E-state index in [0.29, 0.717) is 24.4 Å². The minimum absolute atomic E-state index is 0.174. The highest BCUT2D eigenvalue weighted by atomic mass is 16.5. The molecule has 0 aliphatic carbocycles. The Labute approximate surface area is 123 Å². The summed E-state index contributed by atoms with van der Waals surface area (Å²) in [5.41, 5.74) is 1.88. The number of hydrogen-bond acceptors (Lipinski definition) is 5. The van der Waals surface area contributed by atoms with Crippen molar-refractivity contribution in [2.75, 3.05) is 25.6 Å². The van der Waals surface area contributed by atoms with Crippen LogP contribution < -0.4 is 10.6 Å². The molecule has 1 aromatic rings. The zero-order chi connectivity index (χ0) is 15.4. The number of amides is 1. The highest BCUT2D eigenvalue weighted by molar-refractivity contribution is 5.98. The Morgan fingerprint density at radius 1 is 1.43 bits per heavy atom. The number of anilines is 1. The van der Waals surface area contributed by atoms with Gasteiger partial charge in [0, 0.05) is 12.2 Å². The first kappa shape index (κ1) is 15.5. The third kappa shape index (κ3) is 3.59. The van der Waals surface area contributed by atoms with Gasteiger partial charge in [0.1, 0.15) is 6.04 Å². The Morgan fingerprint density at radius 2 is 2.19 bits per heavy atom. The molecule has 0 aromatic heterocycles. The molecule has 1 amide bonds. The molecule has 1 heterocycles. The number of esters is 1. The zero-order valence-corrected chi connectivity index (χ0v) is 12.4. The Morgan fingerprint density at radius 3 is 2.86 bits per heavy atom. The van der Waals surface area contributed by atoms with Crippen molar-refractivity contribution in [1.29, 1.82) is 0 Å². The highest BCUT2D eigenvalue weighted by Gasteiger charge is 2.28. The Balaban J connectivity index is 2.14. The van der Waals surface area contributed by atoms with Crippen molar-refractivity contribution >= 4 is 17.6 Å². The van der Waals surface area contributed by atoms with Crippen LogP contribution in [0, 0.1) is 6.92 Å². The first-order valence-corrected chi connectivity index (χ1v) is 6.87. The van der Waals surface area contributed by atoms with Gasteiger partial charge < -0.3 is 20.1 Å². The molecule has 1 aliphatic rings. The van der Waals surface area contributed by atoms with Gasteiger partial charge in [0.25, 0.3) is 0 Å². The van der Waals surface area contributed by atoms with E-state index in [1.54, 1.807) is 18.2 Å². The van der Waals surface area contributed by atoms with Gasteiger partial charge in [0.05, 0.1) is 25.4 Å². The fraction of sp³-hybridized carbons (Fsp3) is 0.467. The number of ether oxygens (including phenoxy) is 2. The van der Waals surface area contributed by atoms with Crippen LogP contribution in [0.2, 0.25) is 0 Å². The average molecular weight is 292 g/mol. The fourth-order valence-corrected chi connectivity index (χ4v) is 2.24. The number of morpholine rings is 1. The van der Waals surface area contributed by atoms with Gasteiger partial charge in [-0.15, -0.1) is 0 Å². The van der Waals surface area contributed by atoms with Gasteiger partial charge in [0.2, 0.25) is 5.91 Å². The molecule has 1 fully saturated rings. The van der Waals surface area contributed by atoms with E-state index in [4.69, 9.17) is 4.74 Å². The quantitative estimate of drug-likeness (QED) is 0.816. The number of rotatable bonds is 3. The summed E-state index contributed by atoms with van der Waals surface area (Å²) in [6.45, 7) is 4.96. The van der Waals surface area contributed by atoms with Crippen LogP contribution in [-0.4, -0.2) is 44.3 Å². The molecule has 0 unspecified atom stereocenters. The molecule has 6 nitrogen and oxygen atoms in total. The van der Waals surface area contributed by atoms with E-state index in [2.05, 4.69) is 15.4 Å². The number of aryl methyl sites for hydroxylation is 1. The van der Waals surface area contributed by atoms with Crippen LogP contribution in [-0.2, 0) is 14.3 Å². The summed E-state index contributed by atoms with van der Waals surface area (Å²) >= 11 is 0. The standard InChI is InChI=1S/C15H20N2O4/c1-9-4-5-11(15(19)20-3)8-12(9)17-14(18)13-10(2)21-7-6-16-13/h4-5,8,10,13,16H,6-7H2,1-3H3,(H,17,18)/t10-,13+/m1/s1. The summed E-state index contributed by atoms with van der Waals surface area (Å²) in [7, 11) is 1.32. The molecule has 21 heavy (non-hydrogen) atoms. The van der Waals surface area contributed by atoms with Gasteiger partial charge >= 0.3 is 5.97 Å². The number of carbonyl (C=O) groups is 2. The van der Waals surface area contributed by atoms with Crippen LogP contribution in [0.1, 0.15) is 22.8 Å². The summed E-state index contributed by atoms with van der Waals surface area (Å²) in [6, 6.07) is 4.66. The van der Waals surface area contributed by atoms with Crippen molar-refractivity contribution in [3.05, 3.63) is 29.3 Å². The van der Waals surface area contributed by atoms with E-state index in [1.165, 1.54) is 7.11 Å². The lowest BCUT2D eigenvalue weighted by Crippen LogP contribution is -2.53. The van der Waals surface area contributed by atoms with Gasteiger partial charge in [-0.2, -0.15) is 0 Å². The molecule has 1 aromatic carbocycles. The first-order chi connectivity index (χ1) is 10.0. The molecular formula is C15H20N2O4. The smallest absolute Gasteiger partial charge is 0.337 e. The van der Waals surface area contributed by atoms with Gasteiger partial charge in [0.15, 0.2) is 0 Å². The van der Waals surface area contributed by atoms with Gasteiger partial charge in [-0.05, 0) is 31.5 Å². The van der Waals surface area contributed by atoms with Crippen molar-refractivity contribution < 1.29 is 19.1 Å². The van der Waals surface area contributed by atoms with Crippen molar-refractivity contribution in [3.8, 4) is 0 Å². The summed E-state index contributed by atoms with van der Waals surface area (Å²) in [5, 5.41) is 5.97.